The molecule has 0 atom stereocenters. The summed E-state index contributed by atoms with van der Waals surface area (Å²) in [5.74, 6) is -0.798. The minimum atomic E-state index is -0.798. The normalized spacial score (nSPS) is 10.6. The highest BCUT2D eigenvalue weighted by Crippen LogP contribution is 2.01. The Morgan fingerprint density at radius 2 is 2.18 bits per heavy atom. The molecular formula is C8H16O2Si. The smallest absolute Gasteiger partial charge is 0.326 e. The largest absolute Gasteiger partial charge is 0.478 e. The van der Waals surface area contributed by atoms with Crippen molar-refractivity contribution in [2.24, 2.45) is 0 Å². The fourth-order valence-electron chi connectivity index (χ4n) is 0.872. The summed E-state index contributed by atoms with van der Waals surface area (Å²) in [6.45, 7) is 5.66. The molecule has 0 aliphatic rings. The van der Waals surface area contributed by atoms with E-state index in [0.717, 1.165) is 6.04 Å². The molecule has 0 unspecified atom stereocenters. The summed E-state index contributed by atoms with van der Waals surface area (Å²) in [6.07, 6.45) is 3.60. The molecule has 0 saturated heterocycles. The first kappa shape index (κ1) is 10.4. The Kier molecular flexibility index (Phi) is 5.84. The first-order valence-electron chi connectivity index (χ1n) is 4.09. The van der Waals surface area contributed by atoms with E-state index in [1.165, 1.54) is 19.3 Å². The van der Waals surface area contributed by atoms with Gasteiger partial charge in [-0.15, -0.1) is 0 Å². The lowest BCUT2D eigenvalue weighted by molar-refractivity contribution is -0.131. The van der Waals surface area contributed by atoms with Crippen molar-refractivity contribution in [1.29, 1.82) is 0 Å². The molecular weight excluding hydrogens is 156 g/mol. The first-order chi connectivity index (χ1) is 5.18. The van der Waals surface area contributed by atoms with Crippen LogP contribution in [0.2, 0.25) is 6.04 Å². The Bertz CT molecular complexity index is 143. The fraction of sp³-hybridized carbons (Fsp3) is 0.625. The predicted molar refractivity (Wildman–Crippen MR) is 49.7 cm³/mol. The average molecular weight is 172 g/mol. The molecule has 0 heterocycles. The van der Waals surface area contributed by atoms with Crippen molar-refractivity contribution < 1.29 is 9.90 Å². The third-order valence-corrected chi connectivity index (χ3v) is 3.39. The number of carboxylic acids is 1. The Balaban J connectivity index is 3.25. The molecule has 11 heavy (non-hydrogen) atoms. The molecule has 0 amide bonds. The summed E-state index contributed by atoms with van der Waals surface area (Å²) in [6, 6.07) is 1.10. The monoisotopic (exact) mass is 172 g/mol. The molecule has 0 saturated carbocycles. The lowest BCUT2D eigenvalue weighted by Crippen LogP contribution is -2.06. The average Bonchev–Trinajstić information content (AvgIpc) is 1.97. The molecule has 64 valence electrons. The Labute approximate surface area is 70.1 Å². The molecule has 3 heteroatoms. The standard InChI is InChI=1S/C8H16O2Si/c1-3-4-5-6-11-7(2)8(9)10/h2-6,11H2,1H3,(H,9,10). The van der Waals surface area contributed by atoms with Crippen LogP contribution in [-0.4, -0.2) is 20.6 Å². The minimum absolute atomic E-state index is 0.473. The fourth-order valence-corrected chi connectivity index (χ4v) is 2.12. The van der Waals surface area contributed by atoms with Crippen LogP contribution in [-0.2, 0) is 4.79 Å². The highest BCUT2D eigenvalue weighted by atomic mass is 28.2. The summed E-state index contributed by atoms with van der Waals surface area (Å²) in [7, 11) is -0.526. The van der Waals surface area contributed by atoms with Crippen LogP contribution in [0.5, 0.6) is 0 Å². The van der Waals surface area contributed by atoms with Gasteiger partial charge < -0.3 is 5.11 Å². The number of rotatable bonds is 6. The van der Waals surface area contributed by atoms with Crippen LogP contribution >= 0.6 is 0 Å². The zero-order valence-corrected chi connectivity index (χ0v) is 8.51. The summed E-state index contributed by atoms with van der Waals surface area (Å²) in [4.78, 5) is 10.3. The van der Waals surface area contributed by atoms with Crippen molar-refractivity contribution in [1.82, 2.24) is 0 Å². The number of unbranched alkanes of at least 4 members (excludes halogenated alkanes) is 2. The van der Waals surface area contributed by atoms with E-state index in [-0.39, 0.29) is 0 Å². The Morgan fingerprint density at radius 3 is 2.64 bits per heavy atom. The van der Waals surface area contributed by atoms with Crippen LogP contribution in [0.15, 0.2) is 11.8 Å². The van der Waals surface area contributed by atoms with Gasteiger partial charge >= 0.3 is 5.97 Å². The SMILES string of the molecule is C=C([SiH2]CCCCC)C(=O)O. The number of hydrogen-bond donors (Lipinski definition) is 1. The summed E-state index contributed by atoms with van der Waals surface area (Å²) >= 11 is 0. The number of hydrogen-bond acceptors (Lipinski definition) is 1. The van der Waals surface area contributed by atoms with E-state index in [0.29, 0.717) is 5.20 Å². The first-order valence-corrected chi connectivity index (χ1v) is 5.80. The molecule has 0 bridgehead atoms. The van der Waals surface area contributed by atoms with Crippen molar-refractivity contribution in [3.63, 3.8) is 0 Å². The van der Waals surface area contributed by atoms with Crippen molar-refractivity contribution in [3.05, 3.63) is 11.8 Å². The Morgan fingerprint density at radius 1 is 1.55 bits per heavy atom. The van der Waals surface area contributed by atoms with Crippen LogP contribution in [0, 0.1) is 0 Å². The maximum absolute atomic E-state index is 10.3. The van der Waals surface area contributed by atoms with Gasteiger partial charge in [0.1, 0.15) is 0 Å². The van der Waals surface area contributed by atoms with Crippen molar-refractivity contribution in [2.75, 3.05) is 0 Å². The number of carboxylic acid groups (broad SMARTS) is 1. The van der Waals surface area contributed by atoms with Gasteiger partial charge in [-0.25, -0.2) is 4.79 Å². The lowest BCUT2D eigenvalue weighted by atomic mass is 10.3. The van der Waals surface area contributed by atoms with Gasteiger partial charge in [0.25, 0.3) is 0 Å². The minimum Gasteiger partial charge on any atom is -0.478 e. The lowest BCUT2D eigenvalue weighted by Gasteiger charge is -1.97. The van der Waals surface area contributed by atoms with E-state index in [1.807, 2.05) is 0 Å². The van der Waals surface area contributed by atoms with Gasteiger partial charge in [0.15, 0.2) is 0 Å². The van der Waals surface area contributed by atoms with E-state index in [9.17, 15) is 4.79 Å². The third kappa shape index (κ3) is 5.85. The molecule has 0 aliphatic carbocycles. The van der Waals surface area contributed by atoms with E-state index >= 15 is 0 Å². The second-order valence-corrected chi connectivity index (χ2v) is 4.78. The van der Waals surface area contributed by atoms with E-state index in [2.05, 4.69) is 13.5 Å². The molecule has 0 aromatic heterocycles. The van der Waals surface area contributed by atoms with Gasteiger partial charge in [-0.1, -0.05) is 38.8 Å². The summed E-state index contributed by atoms with van der Waals surface area (Å²) < 4.78 is 0. The molecule has 0 radical (unpaired) electrons. The van der Waals surface area contributed by atoms with Crippen LogP contribution in [0.1, 0.15) is 26.2 Å². The quantitative estimate of drug-likeness (QED) is 0.373. The van der Waals surface area contributed by atoms with E-state index in [4.69, 9.17) is 5.11 Å². The molecule has 0 aromatic carbocycles. The van der Waals surface area contributed by atoms with Gasteiger partial charge in [-0.3, -0.25) is 0 Å². The number of aliphatic carboxylic acids is 1. The van der Waals surface area contributed by atoms with Crippen molar-refractivity contribution in [3.8, 4) is 0 Å². The number of carbonyl (C=O) groups is 1. The third-order valence-electron chi connectivity index (χ3n) is 1.63. The van der Waals surface area contributed by atoms with Crippen LogP contribution < -0.4 is 0 Å². The van der Waals surface area contributed by atoms with Crippen LogP contribution in [0.4, 0.5) is 0 Å². The molecule has 0 aromatic rings. The molecule has 0 spiro atoms. The highest BCUT2D eigenvalue weighted by molar-refractivity contribution is 6.52. The Hall–Kier alpha value is -0.573. The molecule has 1 N–H and O–H groups in total. The predicted octanol–water partition coefficient (Wildman–Crippen LogP) is 1.36. The van der Waals surface area contributed by atoms with Crippen molar-refractivity contribution >= 4 is 15.5 Å². The maximum Gasteiger partial charge on any atom is 0.326 e. The molecule has 2 nitrogen and oxygen atoms in total. The van der Waals surface area contributed by atoms with Crippen LogP contribution in [0.3, 0.4) is 0 Å². The summed E-state index contributed by atoms with van der Waals surface area (Å²) in [5.41, 5.74) is 0. The van der Waals surface area contributed by atoms with Crippen LogP contribution in [0.25, 0.3) is 0 Å². The van der Waals surface area contributed by atoms with Gasteiger partial charge in [-0.2, -0.15) is 0 Å². The molecule has 0 fully saturated rings. The zero-order valence-electron chi connectivity index (χ0n) is 7.10. The van der Waals surface area contributed by atoms with Gasteiger partial charge in [0.2, 0.25) is 0 Å². The zero-order chi connectivity index (χ0) is 8.69. The summed E-state index contributed by atoms with van der Waals surface area (Å²) in [5, 5.41) is 8.95. The maximum atomic E-state index is 10.3. The van der Waals surface area contributed by atoms with Gasteiger partial charge in [0.05, 0.1) is 9.52 Å². The van der Waals surface area contributed by atoms with Gasteiger partial charge in [-0.05, 0) is 0 Å². The van der Waals surface area contributed by atoms with Crippen molar-refractivity contribution in [2.45, 2.75) is 32.2 Å². The molecule has 0 rings (SSSR count). The second kappa shape index (κ2) is 6.16. The molecule has 0 aliphatic heterocycles. The van der Waals surface area contributed by atoms with E-state index < -0.39 is 15.5 Å². The van der Waals surface area contributed by atoms with Gasteiger partial charge in [0, 0.05) is 5.20 Å². The second-order valence-electron chi connectivity index (χ2n) is 2.72. The highest BCUT2D eigenvalue weighted by Gasteiger charge is 2.02. The van der Waals surface area contributed by atoms with E-state index in [1.54, 1.807) is 0 Å². The topological polar surface area (TPSA) is 37.3 Å².